The van der Waals surface area contributed by atoms with Crippen LogP contribution in [0.25, 0.3) is 11.1 Å². The highest BCUT2D eigenvalue weighted by molar-refractivity contribution is 7.73. The smallest absolute Gasteiger partial charge is 0.135 e. The van der Waals surface area contributed by atoms with E-state index in [4.69, 9.17) is 9.47 Å². The van der Waals surface area contributed by atoms with Gasteiger partial charge in [-0.3, -0.25) is 0 Å². The van der Waals surface area contributed by atoms with E-state index in [1.165, 1.54) is 16.2 Å². The summed E-state index contributed by atoms with van der Waals surface area (Å²) in [7, 11) is -0.550. The van der Waals surface area contributed by atoms with Gasteiger partial charge in [0.25, 0.3) is 0 Å². The molecule has 0 radical (unpaired) electrons. The van der Waals surface area contributed by atoms with Gasteiger partial charge in [-0.25, -0.2) is 0 Å². The molecule has 0 fully saturated rings. The van der Waals surface area contributed by atoms with Gasteiger partial charge in [0.2, 0.25) is 0 Å². The van der Waals surface area contributed by atoms with Crippen molar-refractivity contribution in [1.82, 2.24) is 0 Å². The highest BCUT2D eigenvalue weighted by atomic mass is 31.1. The number of benzene rings is 4. The largest absolute Gasteiger partial charge is 0.488 e. The van der Waals surface area contributed by atoms with Gasteiger partial charge in [-0.05, 0) is 43.1 Å². The van der Waals surface area contributed by atoms with E-state index in [0.29, 0.717) is 0 Å². The van der Waals surface area contributed by atoms with Crippen molar-refractivity contribution in [3.05, 3.63) is 103 Å². The Morgan fingerprint density at radius 2 is 1.32 bits per heavy atom. The van der Waals surface area contributed by atoms with E-state index in [9.17, 15) is 0 Å². The van der Waals surface area contributed by atoms with Crippen molar-refractivity contribution in [3.8, 4) is 28.4 Å². The molecule has 0 bridgehead atoms. The summed E-state index contributed by atoms with van der Waals surface area (Å²) in [5.74, 6) is 2.68. The van der Waals surface area contributed by atoms with Gasteiger partial charge in [0.05, 0.1) is 0 Å². The van der Waals surface area contributed by atoms with Crippen molar-refractivity contribution < 1.29 is 9.47 Å². The molecule has 0 N–H and O–H groups in total. The molecule has 0 aromatic heterocycles. The van der Waals surface area contributed by atoms with Crippen molar-refractivity contribution in [2.45, 2.75) is 0 Å². The lowest BCUT2D eigenvalue weighted by molar-refractivity contribution is 0.403. The van der Waals surface area contributed by atoms with E-state index < -0.39 is 7.92 Å². The van der Waals surface area contributed by atoms with Crippen molar-refractivity contribution in [2.24, 2.45) is 0 Å². The van der Waals surface area contributed by atoms with E-state index >= 15 is 0 Å². The molecule has 0 spiro atoms. The summed E-state index contributed by atoms with van der Waals surface area (Å²) in [6, 6.07) is 35.2. The third-order valence-corrected chi connectivity index (χ3v) is 7.14. The zero-order valence-corrected chi connectivity index (χ0v) is 16.2. The van der Waals surface area contributed by atoms with Gasteiger partial charge < -0.3 is 9.47 Å². The first-order valence-corrected chi connectivity index (χ1v) is 10.8. The van der Waals surface area contributed by atoms with Crippen LogP contribution in [0.3, 0.4) is 0 Å². The van der Waals surface area contributed by atoms with Crippen LogP contribution in [-0.2, 0) is 0 Å². The SMILES string of the molecule is c1ccc(Oc2ccccc2-c2cccc3c2[P@@](c2ccccc2)CO3)cc1. The van der Waals surface area contributed by atoms with Crippen LogP contribution >= 0.6 is 7.92 Å². The summed E-state index contributed by atoms with van der Waals surface area (Å²) in [5, 5.41) is 2.64. The van der Waals surface area contributed by atoms with Crippen LogP contribution in [0.4, 0.5) is 0 Å². The molecule has 4 aromatic rings. The van der Waals surface area contributed by atoms with Crippen LogP contribution in [0.2, 0.25) is 0 Å². The maximum atomic E-state index is 6.23. The van der Waals surface area contributed by atoms with Crippen molar-refractivity contribution in [1.29, 1.82) is 0 Å². The molecule has 136 valence electrons. The molecule has 3 heteroatoms. The van der Waals surface area contributed by atoms with Crippen LogP contribution in [0.5, 0.6) is 17.2 Å². The lowest BCUT2D eigenvalue weighted by Crippen LogP contribution is -2.11. The van der Waals surface area contributed by atoms with Gasteiger partial charge in [-0.1, -0.05) is 78.9 Å². The van der Waals surface area contributed by atoms with E-state index in [1.807, 2.05) is 42.5 Å². The molecule has 5 rings (SSSR count). The molecular weight excluding hydrogens is 363 g/mol. The first-order chi connectivity index (χ1) is 13.9. The highest BCUT2D eigenvalue weighted by Gasteiger charge is 2.29. The summed E-state index contributed by atoms with van der Waals surface area (Å²) in [6.45, 7) is 0. The second kappa shape index (κ2) is 7.50. The Labute approximate surface area is 166 Å². The van der Waals surface area contributed by atoms with E-state index in [0.717, 1.165) is 29.2 Å². The first kappa shape index (κ1) is 17.0. The van der Waals surface area contributed by atoms with E-state index in [-0.39, 0.29) is 0 Å². The summed E-state index contributed by atoms with van der Waals surface area (Å²) in [5.41, 5.74) is 2.29. The lowest BCUT2D eigenvalue weighted by Gasteiger charge is -2.17. The van der Waals surface area contributed by atoms with Crippen LogP contribution in [0.1, 0.15) is 0 Å². The molecule has 0 saturated heterocycles. The average molecular weight is 382 g/mol. The van der Waals surface area contributed by atoms with E-state index in [1.54, 1.807) is 0 Å². The molecule has 0 aliphatic carbocycles. The Morgan fingerprint density at radius 3 is 2.14 bits per heavy atom. The molecule has 1 atom stereocenters. The lowest BCUT2D eigenvalue weighted by atomic mass is 10.0. The first-order valence-electron chi connectivity index (χ1n) is 9.31. The number of hydrogen-bond donors (Lipinski definition) is 0. The number of hydrogen-bond acceptors (Lipinski definition) is 2. The molecule has 4 aromatic carbocycles. The molecule has 28 heavy (non-hydrogen) atoms. The summed E-state index contributed by atoms with van der Waals surface area (Å²) < 4.78 is 12.3. The quantitative estimate of drug-likeness (QED) is 0.407. The number of ether oxygens (including phenoxy) is 2. The molecule has 2 nitrogen and oxygen atoms in total. The monoisotopic (exact) mass is 382 g/mol. The molecule has 0 unspecified atom stereocenters. The fraction of sp³-hybridized carbons (Fsp3) is 0.0400. The maximum absolute atomic E-state index is 6.23. The molecule has 0 saturated carbocycles. The normalized spacial score (nSPS) is 14.9. The second-order valence-electron chi connectivity index (χ2n) is 6.60. The zero-order valence-electron chi connectivity index (χ0n) is 15.3. The Morgan fingerprint density at radius 1 is 0.643 bits per heavy atom. The summed E-state index contributed by atoms with van der Waals surface area (Å²) in [6.07, 6.45) is 0.730. The van der Waals surface area contributed by atoms with Crippen molar-refractivity contribution >= 4 is 18.5 Å². The molecule has 1 heterocycles. The fourth-order valence-corrected chi connectivity index (χ4v) is 5.77. The number of rotatable bonds is 4. The topological polar surface area (TPSA) is 18.5 Å². The van der Waals surface area contributed by atoms with Gasteiger partial charge in [-0.15, -0.1) is 0 Å². The minimum atomic E-state index is -0.550. The predicted octanol–water partition coefficient (Wildman–Crippen LogP) is 5.93. The number of para-hydroxylation sites is 2. The third kappa shape index (κ3) is 3.17. The number of fused-ring (bicyclic) bond motifs is 1. The van der Waals surface area contributed by atoms with Crippen LogP contribution in [-0.4, -0.2) is 6.35 Å². The highest BCUT2D eigenvalue weighted by Crippen LogP contribution is 2.47. The maximum Gasteiger partial charge on any atom is 0.135 e. The Balaban J connectivity index is 1.62. The van der Waals surface area contributed by atoms with Crippen molar-refractivity contribution in [2.75, 3.05) is 6.35 Å². The molecule has 1 aliphatic heterocycles. The zero-order chi connectivity index (χ0) is 18.8. The minimum Gasteiger partial charge on any atom is -0.488 e. The average Bonchev–Trinajstić information content (AvgIpc) is 3.20. The second-order valence-corrected chi connectivity index (χ2v) is 8.68. The van der Waals surface area contributed by atoms with Gasteiger partial charge in [0, 0.05) is 10.9 Å². The summed E-state index contributed by atoms with van der Waals surface area (Å²) >= 11 is 0. The Kier molecular flexibility index (Phi) is 4.56. The van der Waals surface area contributed by atoms with Crippen LogP contribution in [0, 0.1) is 0 Å². The van der Waals surface area contributed by atoms with Gasteiger partial charge in [0.1, 0.15) is 23.6 Å². The predicted molar refractivity (Wildman–Crippen MR) is 117 cm³/mol. The summed E-state index contributed by atoms with van der Waals surface area (Å²) in [4.78, 5) is 0. The fourth-order valence-electron chi connectivity index (χ4n) is 3.54. The minimum absolute atomic E-state index is 0.550. The van der Waals surface area contributed by atoms with Gasteiger partial charge in [0.15, 0.2) is 0 Å². The molecule has 0 amide bonds. The Bertz CT molecular complexity index is 1090. The van der Waals surface area contributed by atoms with Gasteiger partial charge >= 0.3 is 0 Å². The van der Waals surface area contributed by atoms with E-state index in [2.05, 4.69) is 60.7 Å². The Hall–Kier alpha value is -3.09. The van der Waals surface area contributed by atoms with Gasteiger partial charge in [-0.2, -0.15) is 0 Å². The third-order valence-electron chi connectivity index (χ3n) is 4.83. The molecular formula is C25H19O2P. The van der Waals surface area contributed by atoms with Crippen molar-refractivity contribution in [3.63, 3.8) is 0 Å². The standard InChI is InChI=1S/C25H19O2P/c1-3-10-19(11-4-1)27-23-16-8-7-14-21(23)22-15-9-17-24-25(22)28(18-26-24)20-12-5-2-6-13-20/h1-17H,18H2/t28-/m1/s1. The molecule has 1 aliphatic rings. The van der Waals surface area contributed by atoms with Crippen LogP contribution in [0.15, 0.2) is 103 Å². The van der Waals surface area contributed by atoms with Crippen LogP contribution < -0.4 is 20.1 Å².